The van der Waals surface area contributed by atoms with Gasteiger partial charge in [-0.2, -0.15) is 0 Å². The summed E-state index contributed by atoms with van der Waals surface area (Å²) in [6.45, 7) is 1.87. The van der Waals surface area contributed by atoms with Crippen molar-refractivity contribution in [1.82, 2.24) is 10.2 Å². The molecule has 1 aliphatic heterocycles. The number of anilines is 1. The molecule has 2 aromatic carbocycles. The number of benzene rings is 2. The van der Waals surface area contributed by atoms with Crippen molar-refractivity contribution in [2.45, 2.75) is 12.8 Å². The molecule has 1 fully saturated rings. The molecule has 0 saturated carbocycles. The van der Waals surface area contributed by atoms with E-state index in [-0.39, 0.29) is 17.9 Å². The monoisotopic (exact) mass is 371 g/mol. The van der Waals surface area contributed by atoms with Crippen LogP contribution in [-0.2, 0) is 11.2 Å². The Morgan fingerprint density at radius 3 is 2.73 bits per heavy atom. The van der Waals surface area contributed by atoms with Crippen LogP contribution < -0.4 is 10.6 Å². The minimum atomic E-state index is -0.289. The van der Waals surface area contributed by atoms with E-state index in [1.165, 1.54) is 5.56 Å². The first-order chi connectivity index (χ1) is 12.6. The molecule has 0 aromatic heterocycles. The number of carbonyl (C=O) groups excluding carboxylic acids is 2. The molecule has 3 amide bonds. The molecule has 1 atom stereocenters. The summed E-state index contributed by atoms with van der Waals surface area (Å²) in [5, 5.41) is 6.15. The Kier molecular flexibility index (Phi) is 6.12. The van der Waals surface area contributed by atoms with E-state index in [4.69, 9.17) is 11.6 Å². The number of carbonyl (C=O) groups is 2. The molecule has 0 bridgehead atoms. The number of likely N-dealkylation sites (tertiary alicyclic amines) is 1. The number of hydrogen-bond acceptors (Lipinski definition) is 2. The van der Waals surface area contributed by atoms with Crippen molar-refractivity contribution < 1.29 is 9.59 Å². The summed E-state index contributed by atoms with van der Waals surface area (Å²) in [6, 6.07) is 16.8. The maximum atomic E-state index is 12.2. The van der Waals surface area contributed by atoms with Crippen molar-refractivity contribution in [2.24, 2.45) is 5.92 Å². The minimum absolute atomic E-state index is 0.142. The molecule has 2 aromatic rings. The highest BCUT2D eigenvalue weighted by molar-refractivity contribution is 6.30. The normalized spacial score (nSPS) is 16.6. The zero-order valence-corrected chi connectivity index (χ0v) is 15.2. The van der Waals surface area contributed by atoms with Gasteiger partial charge in [0, 0.05) is 42.7 Å². The predicted molar refractivity (Wildman–Crippen MR) is 103 cm³/mol. The van der Waals surface area contributed by atoms with Gasteiger partial charge in [-0.3, -0.25) is 4.79 Å². The molecule has 0 aliphatic carbocycles. The Morgan fingerprint density at radius 2 is 1.96 bits per heavy atom. The SMILES string of the molecule is O=C(NCC1CC(=O)N(CCc2ccccc2)C1)Nc1cccc(Cl)c1. The second-order valence-corrected chi connectivity index (χ2v) is 6.93. The van der Waals surface area contributed by atoms with E-state index < -0.39 is 0 Å². The van der Waals surface area contributed by atoms with Gasteiger partial charge >= 0.3 is 6.03 Å². The van der Waals surface area contributed by atoms with Gasteiger partial charge in [0.15, 0.2) is 0 Å². The molecule has 1 aliphatic rings. The Bertz CT molecular complexity index is 767. The van der Waals surface area contributed by atoms with Crippen LogP contribution in [0.15, 0.2) is 54.6 Å². The summed E-state index contributed by atoms with van der Waals surface area (Å²) in [4.78, 5) is 26.0. The van der Waals surface area contributed by atoms with Gasteiger partial charge in [-0.25, -0.2) is 4.79 Å². The molecule has 0 radical (unpaired) electrons. The lowest BCUT2D eigenvalue weighted by atomic mass is 10.1. The molecule has 1 saturated heterocycles. The second kappa shape index (κ2) is 8.72. The van der Waals surface area contributed by atoms with Crippen molar-refractivity contribution in [3.8, 4) is 0 Å². The van der Waals surface area contributed by atoms with E-state index >= 15 is 0 Å². The number of halogens is 1. The first-order valence-corrected chi connectivity index (χ1v) is 9.10. The zero-order chi connectivity index (χ0) is 18.4. The molecule has 2 N–H and O–H groups in total. The van der Waals surface area contributed by atoms with E-state index in [2.05, 4.69) is 22.8 Å². The second-order valence-electron chi connectivity index (χ2n) is 6.49. The standard InChI is InChI=1S/C20H22ClN3O2/c21-17-7-4-8-18(12-17)23-20(26)22-13-16-11-19(25)24(14-16)10-9-15-5-2-1-3-6-15/h1-8,12,16H,9-11,13-14H2,(H2,22,23,26). The third-order valence-corrected chi connectivity index (χ3v) is 4.68. The van der Waals surface area contributed by atoms with Crippen LogP contribution in [0.4, 0.5) is 10.5 Å². The van der Waals surface area contributed by atoms with Crippen LogP contribution in [0.5, 0.6) is 0 Å². The number of amides is 3. The lowest BCUT2D eigenvalue weighted by molar-refractivity contribution is -0.127. The molecule has 3 rings (SSSR count). The highest BCUT2D eigenvalue weighted by Crippen LogP contribution is 2.18. The lowest BCUT2D eigenvalue weighted by Gasteiger charge is -2.17. The first kappa shape index (κ1) is 18.3. The van der Waals surface area contributed by atoms with Crippen molar-refractivity contribution in [3.05, 3.63) is 65.2 Å². The van der Waals surface area contributed by atoms with Gasteiger partial charge in [0.05, 0.1) is 0 Å². The van der Waals surface area contributed by atoms with Crippen LogP contribution in [0.2, 0.25) is 5.02 Å². The summed E-state index contributed by atoms with van der Waals surface area (Å²) in [7, 11) is 0. The van der Waals surface area contributed by atoms with Crippen molar-refractivity contribution in [3.63, 3.8) is 0 Å². The topological polar surface area (TPSA) is 61.4 Å². The van der Waals surface area contributed by atoms with E-state index in [0.717, 1.165) is 6.42 Å². The van der Waals surface area contributed by atoms with E-state index in [9.17, 15) is 9.59 Å². The van der Waals surface area contributed by atoms with Crippen molar-refractivity contribution >= 4 is 29.2 Å². The maximum Gasteiger partial charge on any atom is 0.319 e. The molecule has 136 valence electrons. The smallest absolute Gasteiger partial charge is 0.319 e. The number of nitrogens with one attached hydrogen (secondary N) is 2. The molecule has 1 unspecified atom stereocenters. The third kappa shape index (κ3) is 5.23. The average Bonchev–Trinajstić information content (AvgIpc) is 2.99. The number of rotatable bonds is 6. The first-order valence-electron chi connectivity index (χ1n) is 8.72. The van der Waals surface area contributed by atoms with Gasteiger partial charge in [-0.1, -0.05) is 48.0 Å². The zero-order valence-electron chi connectivity index (χ0n) is 14.5. The van der Waals surface area contributed by atoms with Gasteiger partial charge < -0.3 is 15.5 Å². The Hall–Kier alpha value is -2.53. The van der Waals surface area contributed by atoms with Crippen molar-refractivity contribution in [1.29, 1.82) is 0 Å². The van der Waals surface area contributed by atoms with Gasteiger partial charge in [-0.05, 0) is 30.2 Å². The molecule has 1 heterocycles. The van der Waals surface area contributed by atoms with Gasteiger partial charge in [0.2, 0.25) is 5.91 Å². The Balaban J connectivity index is 1.41. The summed E-state index contributed by atoms with van der Waals surface area (Å²) >= 11 is 5.90. The summed E-state index contributed by atoms with van der Waals surface area (Å²) < 4.78 is 0. The minimum Gasteiger partial charge on any atom is -0.342 e. The maximum absolute atomic E-state index is 12.2. The fourth-order valence-electron chi connectivity index (χ4n) is 3.09. The van der Waals surface area contributed by atoms with Crippen LogP contribution in [0.1, 0.15) is 12.0 Å². The average molecular weight is 372 g/mol. The number of hydrogen-bond donors (Lipinski definition) is 2. The molecule has 5 nitrogen and oxygen atoms in total. The number of urea groups is 1. The summed E-state index contributed by atoms with van der Waals surface area (Å²) in [6.07, 6.45) is 1.33. The molecule has 0 spiro atoms. The molecule has 6 heteroatoms. The summed E-state index contributed by atoms with van der Waals surface area (Å²) in [5.41, 5.74) is 1.87. The number of nitrogens with zero attached hydrogens (tertiary/aromatic N) is 1. The highest BCUT2D eigenvalue weighted by Gasteiger charge is 2.29. The van der Waals surface area contributed by atoms with Gasteiger partial charge in [0.25, 0.3) is 0 Å². The summed E-state index contributed by atoms with van der Waals surface area (Å²) in [5.74, 6) is 0.298. The van der Waals surface area contributed by atoms with E-state index in [0.29, 0.717) is 36.8 Å². The third-order valence-electron chi connectivity index (χ3n) is 4.44. The van der Waals surface area contributed by atoms with E-state index in [1.54, 1.807) is 24.3 Å². The van der Waals surface area contributed by atoms with Crippen LogP contribution >= 0.6 is 11.6 Å². The quantitative estimate of drug-likeness (QED) is 0.815. The molecule has 26 heavy (non-hydrogen) atoms. The Labute approximate surface area is 158 Å². The van der Waals surface area contributed by atoms with Crippen LogP contribution in [0.25, 0.3) is 0 Å². The van der Waals surface area contributed by atoms with Crippen LogP contribution in [0.3, 0.4) is 0 Å². The van der Waals surface area contributed by atoms with Crippen molar-refractivity contribution in [2.75, 3.05) is 25.0 Å². The van der Waals surface area contributed by atoms with E-state index in [1.807, 2.05) is 23.1 Å². The fraction of sp³-hybridized carbons (Fsp3) is 0.300. The van der Waals surface area contributed by atoms with Gasteiger partial charge in [0.1, 0.15) is 0 Å². The van der Waals surface area contributed by atoms with Crippen LogP contribution in [0, 0.1) is 5.92 Å². The highest BCUT2D eigenvalue weighted by atomic mass is 35.5. The van der Waals surface area contributed by atoms with Gasteiger partial charge in [-0.15, -0.1) is 0 Å². The lowest BCUT2D eigenvalue weighted by Crippen LogP contribution is -2.34. The molecular formula is C20H22ClN3O2. The largest absolute Gasteiger partial charge is 0.342 e. The predicted octanol–water partition coefficient (Wildman–Crippen LogP) is 3.55. The molecular weight excluding hydrogens is 350 g/mol. The Morgan fingerprint density at radius 1 is 1.15 bits per heavy atom. The van der Waals surface area contributed by atoms with Crippen LogP contribution in [-0.4, -0.2) is 36.5 Å². The fourth-order valence-corrected chi connectivity index (χ4v) is 3.28.